The van der Waals surface area contributed by atoms with Gasteiger partial charge >= 0.3 is 0 Å². The highest BCUT2D eigenvalue weighted by molar-refractivity contribution is 5.91. The minimum Gasteiger partial charge on any atom is -0.367 e. The van der Waals surface area contributed by atoms with Crippen molar-refractivity contribution in [2.75, 3.05) is 36.4 Å². The maximum absolute atomic E-state index is 12.2. The van der Waals surface area contributed by atoms with E-state index in [-0.39, 0.29) is 11.8 Å². The fourth-order valence-electron chi connectivity index (χ4n) is 3.33. The van der Waals surface area contributed by atoms with Gasteiger partial charge in [-0.2, -0.15) is 0 Å². The molecule has 124 valence electrons. The molecule has 23 heavy (non-hydrogen) atoms. The molecule has 2 amide bonds. The topological polar surface area (TPSA) is 65.5 Å². The molecule has 6 nitrogen and oxygen atoms in total. The molecule has 1 saturated heterocycles. The monoisotopic (exact) mass is 316 g/mol. The van der Waals surface area contributed by atoms with E-state index in [2.05, 4.69) is 15.2 Å². The van der Waals surface area contributed by atoms with Gasteiger partial charge in [0.15, 0.2) is 0 Å². The second-order valence-electron chi connectivity index (χ2n) is 6.35. The van der Waals surface area contributed by atoms with Crippen molar-refractivity contribution in [3.05, 3.63) is 18.3 Å². The van der Waals surface area contributed by atoms with E-state index in [4.69, 9.17) is 0 Å². The number of nitrogens with zero attached hydrogens (tertiary/aromatic N) is 3. The van der Waals surface area contributed by atoms with Gasteiger partial charge < -0.3 is 15.1 Å². The summed E-state index contributed by atoms with van der Waals surface area (Å²) in [7, 11) is 0. The number of nitrogens with one attached hydrogen (secondary N) is 1. The van der Waals surface area contributed by atoms with Crippen molar-refractivity contribution in [1.82, 2.24) is 9.88 Å². The molecular weight excluding hydrogens is 292 g/mol. The SMILES string of the molecule is O=CN1CCN(c2ccc(NC(=O)C3CCCCC3)nc2)CC1. The van der Waals surface area contributed by atoms with Crippen molar-refractivity contribution in [1.29, 1.82) is 0 Å². The predicted molar refractivity (Wildman–Crippen MR) is 89.3 cm³/mol. The molecule has 1 aromatic heterocycles. The van der Waals surface area contributed by atoms with Gasteiger partial charge in [-0.1, -0.05) is 19.3 Å². The molecule has 3 rings (SSSR count). The third-order valence-electron chi connectivity index (χ3n) is 4.80. The lowest BCUT2D eigenvalue weighted by Crippen LogP contribution is -2.45. The first-order valence-corrected chi connectivity index (χ1v) is 8.47. The maximum atomic E-state index is 12.2. The van der Waals surface area contributed by atoms with Crippen LogP contribution in [0.25, 0.3) is 0 Å². The molecule has 0 radical (unpaired) electrons. The average Bonchev–Trinajstić information content (AvgIpc) is 2.63. The zero-order chi connectivity index (χ0) is 16.1. The number of rotatable bonds is 4. The zero-order valence-electron chi connectivity index (χ0n) is 13.4. The van der Waals surface area contributed by atoms with Crippen LogP contribution in [-0.4, -0.2) is 48.4 Å². The van der Waals surface area contributed by atoms with Crippen LogP contribution in [0.4, 0.5) is 11.5 Å². The standard InChI is InChI=1S/C17H24N4O2/c22-13-20-8-10-21(11-9-20)15-6-7-16(18-12-15)19-17(23)14-4-2-1-3-5-14/h6-7,12-14H,1-5,8-11H2,(H,18,19,23). The molecule has 0 unspecified atom stereocenters. The minimum atomic E-state index is 0.101. The molecule has 6 heteroatoms. The van der Waals surface area contributed by atoms with E-state index in [1.54, 1.807) is 11.1 Å². The van der Waals surface area contributed by atoms with E-state index < -0.39 is 0 Å². The third kappa shape index (κ3) is 4.00. The van der Waals surface area contributed by atoms with E-state index in [0.717, 1.165) is 64.0 Å². The highest BCUT2D eigenvalue weighted by atomic mass is 16.2. The second-order valence-corrected chi connectivity index (χ2v) is 6.35. The first-order valence-electron chi connectivity index (χ1n) is 8.47. The summed E-state index contributed by atoms with van der Waals surface area (Å²) in [5, 5.41) is 2.93. The Morgan fingerprint density at radius 2 is 1.87 bits per heavy atom. The summed E-state index contributed by atoms with van der Waals surface area (Å²) >= 11 is 0. The lowest BCUT2D eigenvalue weighted by molar-refractivity contribution is -0.121. The lowest BCUT2D eigenvalue weighted by atomic mass is 9.89. The number of carbonyl (C=O) groups is 2. The Balaban J connectivity index is 1.54. The van der Waals surface area contributed by atoms with Gasteiger partial charge in [0.2, 0.25) is 12.3 Å². The van der Waals surface area contributed by atoms with E-state index in [9.17, 15) is 9.59 Å². The number of carbonyl (C=O) groups excluding carboxylic acids is 2. The fourth-order valence-corrected chi connectivity index (χ4v) is 3.33. The molecule has 2 aliphatic rings. The van der Waals surface area contributed by atoms with Gasteiger partial charge in [0, 0.05) is 32.1 Å². The van der Waals surface area contributed by atoms with Crippen LogP contribution in [-0.2, 0) is 9.59 Å². The largest absolute Gasteiger partial charge is 0.367 e. The Morgan fingerprint density at radius 1 is 1.13 bits per heavy atom. The number of hydrogen-bond acceptors (Lipinski definition) is 4. The quantitative estimate of drug-likeness (QED) is 0.861. The Kier molecular flexibility index (Phi) is 5.10. The van der Waals surface area contributed by atoms with Gasteiger partial charge in [-0.25, -0.2) is 4.98 Å². The first-order chi connectivity index (χ1) is 11.3. The van der Waals surface area contributed by atoms with Gasteiger partial charge in [0.25, 0.3) is 0 Å². The summed E-state index contributed by atoms with van der Waals surface area (Å²) in [6, 6.07) is 3.85. The van der Waals surface area contributed by atoms with Crippen LogP contribution in [0.15, 0.2) is 18.3 Å². The summed E-state index contributed by atoms with van der Waals surface area (Å²) in [4.78, 5) is 31.3. The number of aromatic nitrogens is 1. The highest BCUT2D eigenvalue weighted by Gasteiger charge is 2.21. The average molecular weight is 316 g/mol. The van der Waals surface area contributed by atoms with Gasteiger partial charge in [-0.15, -0.1) is 0 Å². The van der Waals surface area contributed by atoms with Crippen LogP contribution >= 0.6 is 0 Å². The smallest absolute Gasteiger partial charge is 0.228 e. The first kappa shape index (κ1) is 15.8. The number of amides is 2. The van der Waals surface area contributed by atoms with Crippen molar-refractivity contribution in [3.63, 3.8) is 0 Å². The minimum absolute atomic E-state index is 0.101. The van der Waals surface area contributed by atoms with Gasteiger partial charge in [0.1, 0.15) is 5.82 Å². The van der Waals surface area contributed by atoms with Gasteiger partial charge in [-0.3, -0.25) is 9.59 Å². The Labute approximate surface area is 136 Å². The summed E-state index contributed by atoms with van der Waals surface area (Å²) in [5.41, 5.74) is 1.03. The lowest BCUT2D eigenvalue weighted by Gasteiger charge is -2.33. The van der Waals surface area contributed by atoms with E-state index in [0.29, 0.717) is 5.82 Å². The number of pyridine rings is 1. The second kappa shape index (κ2) is 7.44. The number of anilines is 2. The molecule has 0 atom stereocenters. The van der Waals surface area contributed by atoms with Crippen molar-refractivity contribution in [2.24, 2.45) is 5.92 Å². The highest BCUT2D eigenvalue weighted by Crippen LogP contribution is 2.25. The Morgan fingerprint density at radius 3 is 2.48 bits per heavy atom. The summed E-state index contributed by atoms with van der Waals surface area (Å²) in [5.74, 6) is 0.863. The van der Waals surface area contributed by atoms with E-state index in [1.165, 1.54) is 6.42 Å². The summed E-state index contributed by atoms with van der Waals surface area (Å²) in [6.07, 6.45) is 8.23. The molecule has 2 heterocycles. The van der Waals surface area contributed by atoms with E-state index in [1.807, 2.05) is 12.1 Å². The number of hydrogen-bond donors (Lipinski definition) is 1. The van der Waals surface area contributed by atoms with Crippen molar-refractivity contribution in [2.45, 2.75) is 32.1 Å². The van der Waals surface area contributed by atoms with Crippen LogP contribution in [0.2, 0.25) is 0 Å². The Hall–Kier alpha value is -2.11. The van der Waals surface area contributed by atoms with Crippen LogP contribution in [0, 0.1) is 5.92 Å². The molecule has 1 N–H and O–H groups in total. The molecule has 1 aliphatic carbocycles. The van der Waals surface area contributed by atoms with E-state index >= 15 is 0 Å². The Bertz CT molecular complexity index is 532. The molecule has 1 aromatic rings. The molecule has 0 aromatic carbocycles. The molecular formula is C17H24N4O2. The summed E-state index contributed by atoms with van der Waals surface area (Å²) < 4.78 is 0. The molecule has 1 aliphatic heterocycles. The van der Waals surface area contributed by atoms with Gasteiger partial charge in [-0.05, 0) is 25.0 Å². The predicted octanol–water partition coefficient (Wildman–Crippen LogP) is 1.88. The van der Waals surface area contributed by atoms with Crippen molar-refractivity contribution < 1.29 is 9.59 Å². The normalized spacial score (nSPS) is 19.5. The molecule has 0 spiro atoms. The van der Waals surface area contributed by atoms with Crippen LogP contribution in [0.5, 0.6) is 0 Å². The molecule has 1 saturated carbocycles. The van der Waals surface area contributed by atoms with Crippen LogP contribution < -0.4 is 10.2 Å². The third-order valence-corrected chi connectivity index (χ3v) is 4.80. The zero-order valence-corrected chi connectivity index (χ0v) is 13.4. The maximum Gasteiger partial charge on any atom is 0.228 e. The molecule has 0 bridgehead atoms. The summed E-state index contributed by atoms with van der Waals surface area (Å²) in [6.45, 7) is 3.11. The van der Waals surface area contributed by atoms with Gasteiger partial charge in [0.05, 0.1) is 11.9 Å². The van der Waals surface area contributed by atoms with Crippen molar-refractivity contribution in [3.8, 4) is 0 Å². The number of piperazine rings is 1. The van der Waals surface area contributed by atoms with Crippen molar-refractivity contribution >= 4 is 23.8 Å². The van der Waals surface area contributed by atoms with Crippen LogP contribution in [0.3, 0.4) is 0 Å². The molecule has 2 fully saturated rings. The fraction of sp³-hybridized carbons (Fsp3) is 0.588. The van der Waals surface area contributed by atoms with Crippen LogP contribution in [0.1, 0.15) is 32.1 Å².